The highest BCUT2D eigenvalue weighted by molar-refractivity contribution is 7.94. The van der Waals surface area contributed by atoms with Crippen LogP contribution in [0.5, 0.6) is 0 Å². The number of hydrogen-bond donors (Lipinski definition) is 3. The average molecular weight is 331 g/mol. The minimum atomic E-state index is -3.27. The van der Waals surface area contributed by atoms with Crippen molar-refractivity contribution in [2.45, 2.75) is 6.04 Å². The monoisotopic (exact) mass is 330 g/mol. The van der Waals surface area contributed by atoms with Crippen LogP contribution >= 0.6 is 11.6 Å². The maximum Gasteiger partial charge on any atom is 0.335 e. The fourth-order valence-electron chi connectivity index (χ4n) is 1.75. The molecule has 3 N–H and O–H groups in total. The van der Waals surface area contributed by atoms with E-state index in [4.69, 9.17) is 16.7 Å². The topological polar surface area (TPSA) is 113 Å². The number of anilines is 1. The smallest absolute Gasteiger partial charge is 0.335 e. The third kappa shape index (κ3) is 3.96. The molecule has 1 unspecified atom stereocenters. The van der Waals surface area contributed by atoms with E-state index in [0.29, 0.717) is 0 Å². The normalized spacial score (nSPS) is 19.2. The summed E-state index contributed by atoms with van der Waals surface area (Å²) in [6, 6.07) is 2.56. The number of nitrogens with one attached hydrogen (secondary N) is 2. The van der Waals surface area contributed by atoms with Gasteiger partial charge in [-0.25, -0.2) is 18.0 Å². The molecule has 0 fully saturated rings. The van der Waals surface area contributed by atoms with E-state index in [0.717, 1.165) is 5.41 Å². The number of hydrogen-bond acceptors (Lipinski definition) is 4. The molecule has 1 aromatic carbocycles. The summed E-state index contributed by atoms with van der Waals surface area (Å²) >= 11 is 5.86. The molecule has 0 spiro atoms. The molecule has 0 radical (unpaired) electrons. The Balaban J connectivity index is 2.05. The number of amides is 2. The van der Waals surface area contributed by atoms with Gasteiger partial charge in [-0.15, -0.1) is 0 Å². The minimum absolute atomic E-state index is 0.0296. The van der Waals surface area contributed by atoms with Crippen molar-refractivity contribution in [3.05, 3.63) is 40.3 Å². The van der Waals surface area contributed by atoms with Gasteiger partial charge in [0.05, 0.1) is 28.1 Å². The summed E-state index contributed by atoms with van der Waals surface area (Å²) in [4.78, 5) is 22.6. The summed E-state index contributed by atoms with van der Waals surface area (Å²) in [6.45, 7) is 0. The number of carbonyl (C=O) groups excluding carboxylic acids is 1. The molecule has 1 aromatic rings. The van der Waals surface area contributed by atoms with Gasteiger partial charge in [0, 0.05) is 5.41 Å². The van der Waals surface area contributed by atoms with Crippen molar-refractivity contribution in [2.24, 2.45) is 0 Å². The lowest BCUT2D eigenvalue weighted by Gasteiger charge is -2.12. The number of aromatic carboxylic acids is 1. The molecule has 2 rings (SSSR count). The van der Waals surface area contributed by atoms with Crippen molar-refractivity contribution in [3.63, 3.8) is 0 Å². The summed E-state index contributed by atoms with van der Waals surface area (Å²) in [6.07, 6.45) is 1.37. The second-order valence-corrected chi connectivity index (χ2v) is 6.70. The quantitative estimate of drug-likeness (QED) is 0.776. The van der Waals surface area contributed by atoms with Crippen molar-refractivity contribution >= 4 is 39.1 Å². The summed E-state index contributed by atoms with van der Waals surface area (Å²) < 4.78 is 22.4. The lowest BCUT2D eigenvalue weighted by molar-refractivity contribution is 0.0697. The molecular weight excluding hydrogens is 320 g/mol. The van der Waals surface area contributed by atoms with Crippen LogP contribution in [0.4, 0.5) is 10.5 Å². The number of urea groups is 1. The fourth-order valence-corrected chi connectivity index (χ4v) is 3.15. The minimum Gasteiger partial charge on any atom is -0.478 e. The van der Waals surface area contributed by atoms with Crippen LogP contribution in [0.3, 0.4) is 0 Å². The fraction of sp³-hybridized carbons (Fsp3) is 0.167. The van der Waals surface area contributed by atoms with Gasteiger partial charge in [-0.3, -0.25) is 0 Å². The molecule has 0 bridgehead atoms. The molecule has 112 valence electrons. The zero-order valence-electron chi connectivity index (χ0n) is 10.5. The molecule has 1 aliphatic heterocycles. The Bertz CT molecular complexity index is 729. The second kappa shape index (κ2) is 5.74. The molecule has 0 saturated carbocycles. The van der Waals surface area contributed by atoms with Gasteiger partial charge < -0.3 is 15.7 Å². The summed E-state index contributed by atoms with van der Waals surface area (Å²) in [5.74, 6) is -1.36. The van der Waals surface area contributed by atoms with E-state index >= 15 is 0 Å². The molecule has 1 aliphatic rings. The molecule has 9 heteroatoms. The van der Waals surface area contributed by atoms with Crippen molar-refractivity contribution in [1.82, 2.24) is 5.32 Å². The number of sulfone groups is 1. The maximum absolute atomic E-state index is 11.8. The predicted molar refractivity (Wildman–Crippen MR) is 77.3 cm³/mol. The molecule has 0 saturated heterocycles. The van der Waals surface area contributed by atoms with Crippen molar-refractivity contribution in [2.75, 3.05) is 11.1 Å². The number of benzene rings is 1. The Kier molecular flexibility index (Phi) is 4.19. The van der Waals surface area contributed by atoms with Crippen LogP contribution < -0.4 is 10.6 Å². The molecule has 1 heterocycles. The van der Waals surface area contributed by atoms with Crippen LogP contribution in [0.15, 0.2) is 29.7 Å². The first-order valence-electron chi connectivity index (χ1n) is 5.78. The highest BCUT2D eigenvalue weighted by Gasteiger charge is 2.23. The van der Waals surface area contributed by atoms with Gasteiger partial charge in [-0.1, -0.05) is 11.6 Å². The Labute approximate surface area is 125 Å². The number of halogens is 1. The Morgan fingerprint density at radius 1 is 1.33 bits per heavy atom. The van der Waals surface area contributed by atoms with E-state index < -0.39 is 27.9 Å². The largest absolute Gasteiger partial charge is 0.478 e. The maximum atomic E-state index is 11.8. The molecule has 7 nitrogen and oxygen atoms in total. The summed E-state index contributed by atoms with van der Waals surface area (Å²) in [7, 11) is -3.27. The van der Waals surface area contributed by atoms with E-state index in [-0.39, 0.29) is 22.0 Å². The van der Waals surface area contributed by atoms with E-state index in [2.05, 4.69) is 10.6 Å². The van der Waals surface area contributed by atoms with E-state index in [9.17, 15) is 18.0 Å². The number of carboxylic acid groups (broad SMARTS) is 1. The SMILES string of the molecule is O=C(Nc1cc(C(=O)O)ccc1Cl)NC1C=CS(=O)(=O)C1. The highest BCUT2D eigenvalue weighted by atomic mass is 35.5. The molecular formula is C12H11ClN2O5S. The average Bonchev–Trinajstić information content (AvgIpc) is 2.71. The van der Waals surface area contributed by atoms with Gasteiger partial charge in [-0.2, -0.15) is 0 Å². The first-order chi connectivity index (χ1) is 9.77. The van der Waals surface area contributed by atoms with Crippen LogP contribution in [0.2, 0.25) is 5.02 Å². The summed E-state index contributed by atoms with van der Waals surface area (Å²) in [5, 5.41) is 14.9. The van der Waals surface area contributed by atoms with Gasteiger partial charge in [0.15, 0.2) is 9.84 Å². The van der Waals surface area contributed by atoms with Crippen LogP contribution in [0.25, 0.3) is 0 Å². The molecule has 0 aliphatic carbocycles. The van der Waals surface area contributed by atoms with Gasteiger partial charge in [0.2, 0.25) is 0 Å². The number of rotatable bonds is 3. The van der Waals surface area contributed by atoms with Gasteiger partial charge in [0.25, 0.3) is 0 Å². The molecule has 2 amide bonds. The second-order valence-electron chi connectivity index (χ2n) is 4.36. The van der Waals surface area contributed by atoms with Gasteiger partial charge in [0.1, 0.15) is 0 Å². The van der Waals surface area contributed by atoms with Crippen LogP contribution in [-0.2, 0) is 9.84 Å². The lowest BCUT2D eigenvalue weighted by atomic mass is 10.2. The Hall–Kier alpha value is -2.06. The van der Waals surface area contributed by atoms with E-state index in [1.807, 2.05) is 0 Å². The number of carboxylic acids is 1. The predicted octanol–water partition coefficient (Wildman–Crippen LogP) is 1.47. The first-order valence-corrected chi connectivity index (χ1v) is 7.87. The lowest BCUT2D eigenvalue weighted by Crippen LogP contribution is -2.38. The van der Waals surface area contributed by atoms with Crippen LogP contribution in [-0.4, -0.2) is 37.3 Å². The first kappa shape index (κ1) is 15.3. The van der Waals surface area contributed by atoms with Crippen molar-refractivity contribution in [3.8, 4) is 0 Å². The molecule has 1 atom stereocenters. The zero-order valence-corrected chi connectivity index (χ0v) is 12.1. The van der Waals surface area contributed by atoms with Crippen molar-refractivity contribution in [1.29, 1.82) is 0 Å². The summed E-state index contributed by atoms with van der Waals surface area (Å²) in [5.41, 5.74) is 0.0944. The Morgan fingerprint density at radius 2 is 2.05 bits per heavy atom. The van der Waals surface area contributed by atoms with Crippen molar-refractivity contribution < 1.29 is 23.1 Å². The third-order valence-corrected chi connectivity index (χ3v) is 4.43. The van der Waals surface area contributed by atoms with Gasteiger partial charge in [-0.05, 0) is 24.3 Å². The van der Waals surface area contributed by atoms with E-state index in [1.54, 1.807) is 0 Å². The molecule has 21 heavy (non-hydrogen) atoms. The van der Waals surface area contributed by atoms with E-state index in [1.165, 1.54) is 24.3 Å². The highest BCUT2D eigenvalue weighted by Crippen LogP contribution is 2.23. The van der Waals surface area contributed by atoms with Gasteiger partial charge >= 0.3 is 12.0 Å². The molecule has 0 aromatic heterocycles. The number of carbonyl (C=O) groups is 2. The van der Waals surface area contributed by atoms with Crippen LogP contribution in [0, 0.1) is 0 Å². The third-order valence-electron chi connectivity index (χ3n) is 2.71. The van der Waals surface area contributed by atoms with Crippen LogP contribution in [0.1, 0.15) is 10.4 Å². The Morgan fingerprint density at radius 3 is 2.62 bits per heavy atom. The standard InChI is InChI=1S/C12H11ClN2O5S/c13-9-2-1-7(11(16)17)5-10(9)15-12(18)14-8-3-4-21(19,20)6-8/h1-5,8H,6H2,(H,16,17)(H2,14,15,18). The zero-order chi connectivity index (χ0) is 15.6.